The number of esters is 1. The summed E-state index contributed by atoms with van der Waals surface area (Å²) in [7, 11) is -3.82. The number of aromatic hydroxyl groups is 1. The molecule has 0 unspecified atom stereocenters. The lowest BCUT2D eigenvalue weighted by Gasteiger charge is -2.09. The number of nitrogens with one attached hydrogen (secondary N) is 1. The van der Waals surface area contributed by atoms with Crippen molar-refractivity contribution in [1.29, 1.82) is 0 Å². The Morgan fingerprint density at radius 2 is 2.16 bits per heavy atom. The van der Waals surface area contributed by atoms with Crippen molar-refractivity contribution in [2.75, 3.05) is 17.1 Å². The second kappa shape index (κ2) is 6.37. The third kappa shape index (κ3) is 5.12. The molecule has 0 radical (unpaired) electrons. The summed E-state index contributed by atoms with van der Waals surface area (Å²) in [6.45, 7) is 1.78. The maximum atomic E-state index is 12.7. The Bertz CT molecular complexity index is 558. The second-order valence-electron chi connectivity index (χ2n) is 3.64. The van der Waals surface area contributed by atoms with Gasteiger partial charge in [-0.25, -0.2) is 12.8 Å². The molecule has 0 bridgehead atoms. The molecule has 0 atom stereocenters. The number of carbonyl (C=O) groups is 1. The molecule has 6 nitrogen and oxygen atoms in total. The van der Waals surface area contributed by atoms with Crippen LogP contribution in [0.3, 0.4) is 0 Å². The van der Waals surface area contributed by atoms with Gasteiger partial charge in [-0.3, -0.25) is 9.52 Å². The van der Waals surface area contributed by atoms with Crippen LogP contribution in [0.25, 0.3) is 0 Å². The molecule has 1 aromatic carbocycles. The van der Waals surface area contributed by atoms with Gasteiger partial charge in [0.1, 0.15) is 11.6 Å². The third-order valence-electron chi connectivity index (χ3n) is 2.11. The van der Waals surface area contributed by atoms with Crippen LogP contribution >= 0.6 is 0 Å². The molecule has 1 aromatic rings. The van der Waals surface area contributed by atoms with Crippen LogP contribution in [-0.4, -0.2) is 31.9 Å². The van der Waals surface area contributed by atoms with E-state index in [2.05, 4.69) is 9.46 Å². The monoisotopic (exact) mass is 291 g/mol. The number of halogens is 1. The molecule has 0 saturated heterocycles. The molecular formula is C11H14FNO5S. The smallest absolute Gasteiger partial charge is 0.306 e. The van der Waals surface area contributed by atoms with Gasteiger partial charge in [0, 0.05) is 6.07 Å². The van der Waals surface area contributed by atoms with Crippen LogP contribution in [0.5, 0.6) is 5.75 Å². The Balaban J connectivity index is 2.66. The van der Waals surface area contributed by atoms with E-state index in [4.69, 9.17) is 0 Å². The third-order valence-corrected chi connectivity index (χ3v) is 3.38. The fourth-order valence-electron chi connectivity index (χ4n) is 1.26. The fourth-order valence-corrected chi connectivity index (χ4v) is 2.31. The average molecular weight is 291 g/mol. The standard InChI is InChI=1S/C11H14FNO5S/c1-2-18-11(15)5-6-19(16,17)13-9-4-3-8(12)7-10(9)14/h3-4,7,13-14H,2,5-6H2,1H3. The number of hydrogen-bond acceptors (Lipinski definition) is 5. The topological polar surface area (TPSA) is 92.7 Å². The highest BCUT2D eigenvalue weighted by Gasteiger charge is 2.16. The minimum absolute atomic E-state index is 0.148. The van der Waals surface area contributed by atoms with Gasteiger partial charge in [-0.1, -0.05) is 0 Å². The van der Waals surface area contributed by atoms with Crippen molar-refractivity contribution in [3.63, 3.8) is 0 Å². The number of anilines is 1. The van der Waals surface area contributed by atoms with Crippen LogP contribution in [0, 0.1) is 5.82 Å². The van der Waals surface area contributed by atoms with E-state index in [9.17, 15) is 22.7 Å². The average Bonchev–Trinajstić information content (AvgIpc) is 2.31. The Kier molecular flexibility index (Phi) is 5.11. The molecule has 1 rings (SSSR count). The molecule has 106 valence electrons. The molecule has 0 amide bonds. The fraction of sp³-hybridized carbons (Fsp3) is 0.364. The molecule has 0 saturated carbocycles. The molecule has 8 heteroatoms. The van der Waals surface area contributed by atoms with Gasteiger partial charge in [0.15, 0.2) is 0 Å². The van der Waals surface area contributed by atoms with Crippen molar-refractivity contribution in [3.05, 3.63) is 24.0 Å². The number of phenolic OH excluding ortho intramolecular Hbond substituents is 1. The van der Waals surface area contributed by atoms with E-state index < -0.39 is 33.3 Å². The molecule has 19 heavy (non-hydrogen) atoms. The quantitative estimate of drug-likeness (QED) is 0.607. The van der Waals surface area contributed by atoms with E-state index in [0.29, 0.717) is 0 Å². The van der Waals surface area contributed by atoms with Crippen LogP contribution in [-0.2, 0) is 19.6 Å². The second-order valence-corrected chi connectivity index (χ2v) is 5.48. The SMILES string of the molecule is CCOC(=O)CCS(=O)(=O)Nc1ccc(F)cc1O. The van der Waals surface area contributed by atoms with Crippen molar-refractivity contribution < 1.29 is 27.4 Å². The first-order valence-electron chi connectivity index (χ1n) is 5.48. The highest BCUT2D eigenvalue weighted by Crippen LogP contribution is 2.24. The minimum Gasteiger partial charge on any atom is -0.506 e. The highest BCUT2D eigenvalue weighted by molar-refractivity contribution is 7.92. The van der Waals surface area contributed by atoms with Gasteiger partial charge in [-0.15, -0.1) is 0 Å². The first kappa shape index (κ1) is 15.2. The van der Waals surface area contributed by atoms with Crippen molar-refractivity contribution in [2.24, 2.45) is 0 Å². The normalized spacial score (nSPS) is 11.1. The van der Waals surface area contributed by atoms with Gasteiger partial charge in [0.2, 0.25) is 10.0 Å². The number of phenols is 1. The zero-order valence-corrected chi connectivity index (χ0v) is 11.0. The van der Waals surface area contributed by atoms with E-state index in [1.807, 2.05) is 0 Å². The lowest BCUT2D eigenvalue weighted by molar-refractivity contribution is -0.142. The maximum absolute atomic E-state index is 12.7. The molecular weight excluding hydrogens is 277 g/mol. The van der Waals surface area contributed by atoms with Crippen LogP contribution in [0.15, 0.2) is 18.2 Å². The van der Waals surface area contributed by atoms with Crippen LogP contribution in [0.4, 0.5) is 10.1 Å². The van der Waals surface area contributed by atoms with Gasteiger partial charge in [0.25, 0.3) is 0 Å². The molecule has 0 aliphatic heterocycles. The summed E-state index contributed by atoms with van der Waals surface area (Å²) in [4.78, 5) is 11.0. The van der Waals surface area contributed by atoms with Crippen molar-refractivity contribution in [1.82, 2.24) is 0 Å². The van der Waals surface area contributed by atoms with Gasteiger partial charge in [-0.05, 0) is 19.1 Å². The number of hydrogen-bond donors (Lipinski definition) is 2. The number of carbonyl (C=O) groups excluding carboxylic acids is 1. The summed E-state index contributed by atoms with van der Waals surface area (Å²) in [5.41, 5.74) is -0.148. The van der Waals surface area contributed by atoms with Gasteiger partial charge < -0.3 is 9.84 Å². The first-order valence-corrected chi connectivity index (χ1v) is 7.14. The first-order chi connectivity index (χ1) is 8.84. The number of ether oxygens (including phenoxy) is 1. The van der Waals surface area contributed by atoms with Crippen LogP contribution < -0.4 is 4.72 Å². The van der Waals surface area contributed by atoms with E-state index >= 15 is 0 Å². The number of rotatable bonds is 6. The van der Waals surface area contributed by atoms with Crippen molar-refractivity contribution >= 4 is 21.7 Å². The van der Waals surface area contributed by atoms with E-state index in [1.54, 1.807) is 6.92 Å². The Hall–Kier alpha value is -1.83. The lowest BCUT2D eigenvalue weighted by atomic mass is 10.3. The summed E-state index contributed by atoms with van der Waals surface area (Å²) >= 11 is 0. The van der Waals surface area contributed by atoms with Crippen molar-refractivity contribution in [2.45, 2.75) is 13.3 Å². The Morgan fingerprint density at radius 1 is 1.47 bits per heavy atom. The Labute approximate surface area is 110 Å². The van der Waals surface area contributed by atoms with E-state index in [1.165, 1.54) is 0 Å². The zero-order valence-electron chi connectivity index (χ0n) is 10.2. The minimum atomic E-state index is -3.82. The molecule has 0 fully saturated rings. The van der Waals surface area contributed by atoms with E-state index in [-0.39, 0.29) is 18.7 Å². The van der Waals surface area contributed by atoms with Gasteiger partial charge in [-0.2, -0.15) is 0 Å². The number of benzene rings is 1. The Morgan fingerprint density at radius 3 is 2.74 bits per heavy atom. The predicted molar refractivity (Wildman–Crippen MR) is 66.7 cm³/mol. The molecule has 2 N–H and O–H groups in total. The highest BCUT2D eigenvalue weighted by atomic mass is 32.2. The number of sulfonamides is 1. The molecule has 0 aromatic heterocycles. The summed E-state index contributed by atoms with van der Waals surface area (Å²) < 4.78 is 42.6. The maximum Gasteiger partial charge on any atom is 0.306 e. The molecule has 0 heterocycles. The lowest BCUT2D eigenvalue weighted by Crippen LogP contribution is -2.20. The summed E-state index contributed by atoms with van der Waals surface area (Å²) in [6, 6.07) is 2.87. The zero-order chi connectivity index (χ0) is 14.5. The van der Waals surface area contributed by atoms with Crippen molar-refractivity contribution in [3.8, 4) is 5.75 Å². The summed E-state index contributed by atoms with van der Waals surface area (Å²) in [5, 5.41) is 9.36. The summed E-state index contributed by atoms with van der Waals surface area (Å²) in [6.07, 6.45) is -0.300. The van der Waals surface area contributed by atoms with E-state index in [0.717, 1.165) is 18.2 Å². The van der Waals surface area contributed by atoms with Gasteiger partial charge in [0.05, 0.1) is 24.5 Å². The van der Waals surface area contributed by atoms with Crippen LogP contribution in [0.2, 0.25) is 0 Å². The molecule has 0 aliphatic carbocycles. The summed E-state index contributed by atoms with van der Waals surface area (Å²) in [5.74, 6) is -2.33. The molecule has 0 aliphatic rings. The predicted octanol–water partition coefficient (Wildman–Crippen LogP) is 1.23. The molecule has 0 spiro atoms. The largest absolute Gasteiger partial charge is 0.506 e. The van der Waals surface area contributed by atoms with Crippen LogP contribution in [0.1, 0.15) is 13.3 Å². The van der Waals surface area contributed by atoms with Gasteiger partial charge >= 0.3 is 5.97 Å².